The molecule has 0 unspecified atom stereocenters. The molecule has 1 heterocycles. The minimum absolute atomic E-state index is 0.0575. The monoisotopic (exact) mass is 577 g/mol. The number of carbonyl (C=O) groups is 1. The summed E-state index contributed by atoms with van der Waals surface area (Å²) in [5.41, 5.74) is 2.08. The smallest absolute Gasteiger partial charge is 0.329 e. The van der Waals surface area contributed by atoms with Crippen molar-refractivity contribution in [1.82, 2.24) is 15.0 Å². The van der Waals surface area contributed by atoms with E-state index < -0.39 is 33.7 Å². The second-order valence-corrected chi connectivity index (χ2v) is 11.1. The molecule has 202 valence electrons. The minimum Gasteiger partial charge on any atom is -0.329 e. The van der Waals surface area contributed by atoms with E-state index in [4.69, 9.17) is 11.6 Å². The molecule has 6 nitrogen and oxygen atoms in total. The van der Waals surface area contributed by atoms with Gasteiger partial charge in [0.25, 0.3) is 10.0 Å². The van der Waals surface area contributed by atoms with Gasteiger partial charge in [-0.1, -0.05) is 66.2 Å². The first-order chi connectivity index (χ1) is 19.2. The number of sulfonamides is 1. The van der Waals surface area contributed by atoms with Crippen LogP contribution in [0.2, 0.25) is 5.02 Å². The fourth-order valence-electron chi connectivity index (χ4n) is 4.50. The summed E-state index contributed by atoms with van der Waals surface area (Å²) in [6, 6.07) is 23.9. The summed E-state index contributed by atoms with van der Waals surface area (Å²) in [5, 5.41) is 4.59. The van der Waals surface area contributed by atoms with Crippen LogP contribution in [-0.4, -0.2) is 19.4 Å². The lowest BCUT2D eigenvalue weighted by atomic mass is 9.94. The van der Waals surface area contributed by atoms with Crippen LogP contribution in [-0.2, 0) is 16.4 Å². The Hall–Kier alpha value is -4.34. The summed E-state index contributed by atoms with van der Waals surface area (Å²) < 4.78 is 55.8. The Labute approximate surface area is 234 Å². The lowest BCUT2D eigenvalue weighted by Crippen LogP contribution is -2.42. The van der Waals surface area contributed by atoms with E-state index in [0.717, 1.165) is 34.5 Å². The van der Waals surface area contributed by atoms with Gasteiger partial charge >= 0.3 is 6.03 Å². The average molecular weight is 578 g/mol. The molecule has 2 amide bonds. The summed E-state index contributed by atoms with van der Waals surface area (Å²) in [6.45, 7) is 0. The number of fused-ring (bicyclic) bond motifs is 1. The summed E-state index contributed by atoms with van der Waals surface area (Å²) in [4.78, 5) is 17.3. The van der Waals surface area contributed by atoms with Crippen molar-refractivity contribution in [3.05, 3.63) is 131 Å². The molecular formula is C30H22ClF2N3O3S. The van der Waals surface area contributed by atoms with Gasteiger partial charge in [-0.25, -0.2) is 26.7 Å². The van der Waals surface area contributed by atoms with Crippen molar-refractivity contribution < 1.29 is 22.0 Å². The highest BCUT2D eigenvalue weighted by Gasteiger charge is 2.25. The number of nitrogens with zero attached hydrogens (tertiary/aromatic N) is 1. The Bertz CT molecular complexity index is 1810. The first-order valence-corrected chi connectivity index (χ1v) is 14.0. The maximum Gasteiger partial charge on any atom is 0.329 e. The van der Waals surface area contributed by atoms with Crippen molar-refractivity contribution in [1.29, 1.82) is 0 Å². The Morgan fingerprint density at radius 1 is 0.850 bits per heavy atom. The second kappa shape index (κ2) is 11.4. The number of pyridine rings is 1. The topological polar surface area (TPSA) is 88.2 Å². The number of hydrogen-bond donors (Lipinski definition) is 2. The largest absolute Gasteiger partial charge is 0.329 e. The zero-order valence-electron chi connectivity index (χ0n) is 20.8. The van der Waals surface area contributed by atoms with Gasteiger partial charge in [-0.05, 0) is 64.7 Å². The predicted molar refractivity (Wildman–Crippen MR) is 150 cm³/mol. The van der Waals surface area contributed by atoms with Crippen LogP contribution >= 0.6 is 11.6 Å². The lowest BCUT2D eigenvalue weighted by molar-refractivity contribution is 0.242. The van der Waals surface area contributed by atoms with Crippen molar-refractivity contribution in [2.45, 2.75) is 17.4 Å². The highest BCUT2D eigenvalue weighted by Crippen LogP contribution is 2.31. The highest BCUT2D eigenvalue weighted by atomic mass is 35.5. The third-order valence-corrected chi connectivity index (χ3v) is 8.08. The molecule has 0 aliphatic carbocycles. The zero-order valence-corrected chi connectivity index (χ0v) is 22.4. The maximum atomic E-state index is 14.0. The molecular weight excluding hydrogens is 556 g/mol. The maximum absolute atomic E-state index is 14.0. The number of nitrogens with one attached hydrogen (secondary N) is 2. The molecule has 0 fully saturated rings. The van der Waals surface area contributed by atoms with Crippen LogP contribution in [0.15, 0.2) is 108 Å². The van der Waals surface area contributed by atoms with Gasteiger partial charge in [0.05, 0.1) is 16.8 Å². The van der Waals surface area contributed by atoms with E-state index in [0.29, 0.717) is 11.3 Å². The van der Waals surface area contributed by atoms with Crippen LogP contribution in [0.1, 0.15) is 17.3 Å². The van der Waals surface area contributed by atoms with E-state index in [-0.39, 0.29) is 21.9 Å². The number of halogens is 3. The first-order valence-electron chi connectivity index (χ1n) is 12.2. The molecule has 0 aliphatic rings. The minimum atomic E-state index is -4.33. The van der Waals surface area contributed by atoms with Crippen molar-refractivity contribution >= 4 is 38.4 Å². The summed E-state index contributed by atoms with van der Waals surface area (Å²) in [5.74, 6) is -1.56. The fraction of sp³-hybridized carbons (Fsp3) is 0.0667. The van der Waals surface area contributed by atoms with Gasteiger partial charge in [0, 0.05) is 17.8 Å². The molecule has 2 N–H and O–H groups in total. The van der Waals surface area contributed by atoms with Crippen molar-refractivity contribution in [2.75, 3.05) is 0 Å². The average Bonchev–Trinajstić information content (AvgIpc) is 2.92. The van der Waals surface area contributed by atoms with Gasteiger partial charge in [-0.2, -0.15) is 0 Å². The molecule has 0 saturated carbocycles. The Morgan fingerprint density at radius 2 is 1.55 bits per heavy atom. The van der Waals surface area contributed by atoms with E-state index in [2.05, 4.69) is 10.3 Å². The third-order valence-electron chi connectivity index (χ3n) is 6.25. The van der Waals surface area contributed by atoms with Gasteiger partial charge in [-0.15, -0.1) is 0 Å². The van der Waals surface area contributed by atoms with Crippen LogP contribution in [0.5, 0.6) is 0 Å². The molecule has 40 heavy (non-hydrogen) atoms. The van der Waals surface area contributed by atoms with Crippen LogP contribution in [0, 0.1) is 11.6 Å². The number of amides is 2. The molecule has 0 aliphatic heterocycles. The Kier molecular flexibility index (Phi) is 7.77. The van der Waals surface area contributed by atoms with E-state index in [9.17, 15) is 22.0 Å². The Balaban J connectivity index is 1.53. The number of aromatic nitrogens is 1. The fourth-order valence-corrected chi connectivity index (χ4v) is 5.94. The molecule has 1 atom stereocenters. The van der Waals surface area contributed by atoms with Crippen LogP contribution < -0.4 is 10.0 Å². The van der Waals surface area contributed by atoms with Gasteiger partial charge < -0.3 is 5.32 Å². The van der Waals surface area contributed by atoms with Crippen LogP contribution in [0.25, 0.3) is 21.9 Å². The Morgan fingerprint density at radius 3 is 2.30 bits per heavy atom. The standard InChI is InChI=1S/C30H22ClF2N3O3S/c31-26-9-3-4-10-28(26)40(38,39)36-30(37)35-27(16-19-14-23(32)18-24(33)15-19)29-25(8-5-13-34-29)22-12-11-20-6-1-2-7-21(20)17-22/h1-15,17-18,27H,16H2,(H2,35,36,37)/t27-/m0/s1. The normalized spacial score (nSPS) is 12.2. The van der Waals surface area contributed by atoms with Gasteiger partial charge in [0.1, 0.15) is 16.5 Å². The molecule has 10 heteroatoms. The molecule has 5 aromatic rings. The SMILES string of the molecule is O=C(N[C@@H](Cc1cc(F)cc(F)c1)c1ncccc1-c1ccc2ccccc2c1)NS(=O)(=O)c1ccccc1Cl. The molecule has 0 saturated heterocycles. The second-order valence-electron chi connectivity index (χ2n) is 9.04. The molecule has 0 spiro atoms. The van der Waals surface area contributed by atoms with Crippen molar-refractivity contribution in [3.63, 3.8) is 0 Å². The van der Waals surface area contributed by atoms with Crippen LogP contribution in [0.3, 0.4) is 0 Å². The van der Waals surface area contributed by atoms with E-state index >= 15 is 0 Å². The lowest BCUT2D eigenvalue weighted by Gasteiger charge is -2.22. The highest BCUT2D eigenvalue weighted by molar-refractivity contribution is 7.90. The number of rotatable bonds is 7. The number of hydrogen-bond acceptors (Lipinski definition) is 4. The number of urea groups is 1. The third kappa shape index (κ3) is 6.11. The van der Waals surface area contributed by atoms with Crippen molar-refractivity contribution in [2.24, 2.45) is 0 Å². The summed E-state index contributed by atoms with van der Waals surface area (Å²) in [7, 11) is -4.33. The summed E-state index contributed by atoms with van der Waals surface area (Å²) in [6.07, 6.45) is 1.45. The number of benzene rings is 4. The van der Waals surface area contributed by atoms with E-state index in [1.165, 1.54) is 24.4 Å². The molecule has 4 aromatic carbocycles. The van der Waals surface area contributed by atoms with E-state index in [1.54, 1.807) is 12.1 Å². The number of carbonyl (C=O) groups excluding carboxylic acids is 1. The zero-order chi connectivity index (χ0) is 28.3. The van der Waals surface area contributed by atoms with Gasteiger partial charge in [0.2, 0.25) is 0 Å². The quantitative estimate of drug-likeness (QED) is 0.222. The predicted octanol–water partition coefficient (Wildman–Crippen LogP) is 6.81. The molecule has 5 rings (SSSR count). The molecule has 0 radical (unpaired) electrons. The summed E-state index contributed by atoms with van der Waals surface area (Å²) >= 11 is 6.03. The van der Waals surface area contributed by atoms with Gasteiger partial charge in [0.15, 0.2) is 0 Å². The molecule has 0 bridgehead atoms. The van der Waals surface area contributed by atoms with Crippen molar-refractivity contribution in [3.8, 4) is 11.1 Å². The first kappa shape index (κ1) is 27.2. The van der Waals surface area contributed by atoms with E-state index in [1.807, 2.05) is 53.3 Å². The van der Waals surface area contributed by atoms with Gasteiger partial charge in [-0.3, -0.25) is 4.98 Å². The molecule has 1 aromatic heterocycles. The van der Waals surface area contributed by atoms with Crippen LogP contribution in [0.4, 0.5) is 13.6 Å².